The molecule has 18 heavy (non-hydrogen) atoms. The van der Waals surface area contributed by atoms with Crippen molar-refractivity contribution in [1.29, 1.82) is 0 Å². The monoisotopic (exact) mass is 247 g/mol. The van der Waals surface area contributed by atoms with E-state index in [1.165, 1.54) is 31.6 Å². The number of nitrogens with zero attached hydrogens (tertiary/aromatic N) is 2. The Labute approximate surface area is 111 Å². The molecule has 1 fully saturated rings. The van der Waals surface area contributed by atoms with Gasteiger partial charge in [0.15, 0.2) is 0 Å². The lowest BCUT2D eigenvalue weighted by atomic mass is 10.0. The van der Waals surface area contributed by atoms with E-state index in [2.05, 4.69) is 59.5 Å². The Balaban J connectivity index is 1.81. The van der Waals surface area contributed by atoms with Crippen molar-refractivity contribution < 1.29 is 0 Å². The van der Waals surface area contributed by atoms with Gasteiger partial charge < -0.3 is 15.1 Å². The average Bonchev–Trinajstić information content (AvgIpc) is 2.40. The summed E-state index contributed by atoms with van der Waals surface area (Å²) in [5, 5.41) is 3.61. The summed E-state index contributed by atoms with van der Waals surface area (Å²) in [5.74, 6) is 0. The summed E-state index contributed by atoms with van der Waals surface area (Å²) in [4.78, 5) is 4.84. The highest BCUT2D eigenvalue weighted by Gasteiger charge is 2.19. The topological polar surface area (TPSA) is 18.5 Å². The van der Waals surface area contributed by atoms with Gasteiger partial charge in [-0.05, 0) is 39.2 Å². The number of hydrogen-bond donors (Lipinski definition) is 1. The fourth-order valence-corrected chi connectivity index (χ4v) is 2.53. The quantitative estimate of drug-likeness (QED) is 0.852. The van der Waals surface area contributed by atoms with Crippen LogP contribution < -0.4 is 5.32 Å². The van der Waals surface area contributed by atoms with Crippen LogP contribution in [0.4, 0.5) is 0 Å². The molecule has 1 N–H and O–H groups in total. The van der Waals surface area contributed by atoms with Crippen LogP contribution in [0.15, 0.2) is 30.3 Å². The number of benzene rings is 1. The van der Waals surface area contributed by atoms with E-state index in [0.717, 1.165) is 13.1 Å². The van der Waals surface area contributed by atoms with E-state index in [0.29, 0.717) is 6.04 Å². The van der Waals surface area contributed by atoms with Crippen LogP contribution in [0, 0.1) is 0 Å². The summed E-state index contributed by atoms with van der Waals surface area (Å²) >= 11 is 0. The number of piperazine rings is 1. The molecule has 0 saturated carbocycles. The molecule has 100 valence electrons. The molecule has 1 unspecified atom stereocenters. The Bertz CT molecular complexity index is 337. The molecule has 1 aromatic rings. The molecular formula is C15H25N3. The molecular weight excluding hydrogens is 222 g/mol. The van der Waals surface area contributed by atoms with E-state index in [1.807, 2.05) is 0 Å². The van der Waals surface area contributed by atoms with Gasteiger partial charge in [-0.2, -0.15) is 0 Å². The fourth-order valence-electron chi connectivity index (χ4n) is 2.53. The molecule has 3 heteroatoms. The van der Waals surface area contributed by atoms with Crippen LogP contribution in [0.25, 0.3) is 0 Å². The summed E-state index contributed by atoms with van der Waals surface area (Å²) in [6.45, 7) is 5.80. The van der Waals surface area contributed by atoms with Crippen molar-refractivity contribution in [1.82, 2.24) is 15.1 Å². The van der Waals surface area contributed by atoms with Crippen LogP contribution in [0.3, 0.4) is 0 Å². The number of nitrogens with one attached hydrogen (secondary N) is 1. The first-order valence-corrected chi connectivity index (χ1v) is 6.91. The smallest absolute Gasteiger partial charge is 0.0449 e. The van der Waals surface area contributed by atoms with E-state index >= 15 is 0 Å². The van der Waals surface area contributed by atoms with E-state index in [-0.39, 0.29) is 0 Å². The Morgan fingerprint density at radius 1 is 1.28 bits per heavy atom. The standard InChI is InChI=1S/C15H25N3/c1-17(2)10-6-11-18-12-9-16-15(13-18)14-7-4-3-5-8-14/h3-5,7-8,15-16H,6,9-13H2,1-2H3. The highest BCUT2D eigenvalue weighted by Crippen LogP contribution is 2.16. The van der Waals surface area contributed by atoms with Gasteiger partial charge in [-0.1, -0.05) is 30.3 Å². The molecule has 1 aliphatic rings. The maximum atomic E-state index is 3.61. The van der Waals surface area contributed by atoms with Crippen molar-refractivity contribution in [2.45, 2.75) is 12.5 Å². The second-order valence-corrected chi connectivity index (χ2v) is 5.37. The van der Waals surface area contributed by atoms with Crippen molar-refractivity contribution in [2.75, 3.05) is 46.8 Å². The molecule has 2 rings (SSSR count). The second-order valence-electron chi connectivity index (χ2n) is 5.37. The van der Waals surface area contributed by atoms with Gasteiger partial charge in [0.2, 0.25) is 0 Å². The average molecular weight is 247 g/mol. The summed E-state index contributed by atoms with van der Waals surface area (Å²) < 4.78 is 0. The van der Waals surface area contributed by atoms with Crippen LogP contribution in [0.5, 0.6) is 0 Å². The van der Waals surface area contributed by atoms with Crippen molar-refractivity contribution in [2.24, 2.45) is 0 Å². The zero-order chi connectivity index (χ0) is 12.8. The van der Waals surface area contributed by atoms with Gasteiger partial charge in [-0.25, -0.2) is 0 Å². The van der Waals surface area contributed by atoms with E-state index in [4.69, 9.17) is 0 Å². The first kappa shape index (κ1) is 13.5. The summed E-state index contributed by atoms with van der Waals surface area (Å²) in [6, 6.07) is 11.3. The van der Waals surface area contributed by atoms with E-state index in [9.17, 15) is 0 Å². The molecule has 0 aliphatic carbocycles. The van der Waals surface area contributed by atoms with Crippen molar-refractivity contribution >= 4 is 0 Å². The second kappa shape index (κ2) is 6.88. The third-order valence-electron chi connectivity index (χ3n) is 3.54. The Kier molecular flexibility index (Phi) is 5.17. The van der Waals surface area contributed by atoms with Crippen LogP contribution in [0.2, 0.25) is 0 Å². The molecule has 0 bridgehead atoms. The Morgan fingerprint density at radius 2 is 2.06 bits per heavy atom. The fraction of sp³-hybridized carbons (Fsp3) is 0.600. The third kappa shape index (κ3) is 4.09. The lowest BCUT2D eigenvalue weighted by Crippen LogP contribution is -2.46. The lowest BCUT2D eigenvalue weighted by Gasteiger charge is -2.34. The number of hydrogen-bond acceptors (Lipinski definition) is 3. The molecule has 3 nitrogen and oxygen atoms in total. The van der Waals surface area contributed by atoms with Crippen LogP contribution >= 0.6 is 0 Å². The molecule has 1 heterocycles. The molecule has 1 aromatic carbocycles. The predicted octanol–water partition coefficient (Wildman–Crippen LogP) is 1.58. The maximum absolute atomic E-state index is 3.61. The normalized spacial score (nSPS) is 21.4. The van der Waals surface area contributed by atoms with Gasteiger partial charge in [0, 0.05) is 25.7 Å². The van der Waals surface area contributed by atoms with E-state index in [1.54, 1.807) is 0 Å². The maximum Gasteiger partial charge on any atom is 0.0449 e. The molecule has 0 spiro atoms. The molecule has 1 aliphatic heterocycles. The van der Waals surface area contributed by atoms with Crippen LogP contribution in [0.1, 0.15) is 18.0 Å². The summed E-state index contributed by atoms with van der Waals surface area (Å²) in [7, 11) is 4.29. The van der Waals surface area contributed by atoms with Gasteiger partial charge in [0.1, 0.15) is 0 Å². The van der Waals surface area contributed by atoms with Gasteiger partial charge in [-0.15, -0.1) is 0 Å². The highest BCUT2D eigenvalue weighted by molar-refractivity contribution is 5.19. The van der Waals surface area contributed by atoms with Gasteiger partial charge in [0.05, 0.1) is 0 Å². The minimum absolute atomic E-state index is 0.499. The first-order chi connectivity index (χ1) is 8.75. The van der Waals surface area contributed by atoms with Gasteiger partial charge in [0.25, 0.3) is 0 Å². The zero-order valence-electron chi connectivity index (χ0n) is 11.6. The Hall–Kier alpha value is -0.900. The minimum atomic E-state index is 0.499. The SMILES string of the molecule is CN(C)CCCN1CCNC(c2ccccc2)C1. The molecule has 0 radical (unpaired) electrons. The van der Waals surface area contributed by atoms with Crippen LogP contribution in [-0.4, -0.2) is 56.6 Å². The number of rotatable bonds is 5. The summed E-state index contributed by atoms with van der Waals surface area (Å²) in [6.07, 6.45) is 1.26. The molecule has 1 saturated heterocycles. The third-order valence-corrected chi connectivity index (χ3v) is 3.54. The minimum Gasteiger partial charge on any atom is -0.309 e. The largest absolute Gasteiger partial charge is 0.309 e. The van der Waals surface area contributed by atoms with Crippen molar-refractivity contribution in [3.8, 4) is 0 Å². The Morgan fingerprint density at radius 3 is 2.78 bits per heavy atom. The van der Waals surface area contributed by atoms with Gasteiger partial charge >= 0.3 is 0 Å². The summed E-state index contributed by atoms with van der Waals surface area (Å²) in [5.41, 5.74) is 1.41. The first-order valence-electron chi connectivity index (χ1n) is 6.91. The molecule has 0 amide bonds. The van der Waals surface area contributed by atoms with Crippen molar-refractivity contribution in [3.63, 3.8) is 0 Å². The lowest BCUT2D eigenvalue weighted by molar-refractivity contribution is 0.192. The highest BCUT2D eigenvalue weighted by atomic mass is 15.2. The predicted molar refractivity (Wildman–Crippen MR) is 76.8 cm³/mol. The van der Waals surface area contributed by atoms with Crippen molar-refractivity contribution in [3.05, 3.63) is 35.9 Å². The van der Waals surface area contributed by atoms with Gasteiger partial charge in [-0.3, -0.25) is 0 Å². The zero-order valence-corrected chi connectivity index (χ0v) is 11.6. The molecule has 1 atom stereocenters. The van der Waals surface area contributed by atoms with Crippen LogP contribution in [-0.2, 0) is 0 Å². The molecule has 0 aromatic heterocycles. The van der Waals surface area contributed by atoms with E-state index < -0.39 is 0 Å².